The summed E-state index contributed by atoms with van der Waals surface area (Å²) >= 11 is 5.84. The van der Waals surface area contributed by atoms with Crippen molar-refractivity contribution in [3.63, 3.8) is 0 Å². The number of rotatable bonds is 5. The third kappa shape index (κ3) is 5.27. The van der Waals surface area contributed by atoms with Crippen molar-refractivity contribution < 1.29 is 22.7 Å². The summed E-state index contributed by atoms with van der Waals surface area (Å²) in [5.74, 6) is -0.148. The molecule has 0 saturated carbocycles. The van der Waals surface area contributed by atoms with Crippen molar-refractivity contribution in [2.24, 2.45) is 5.92 Å². The van der Waals surface area contributed by atoms with E-state index in [2.05, 4.69) is 10.00 Å². The van der Waals surface area contributed by atoms with E-state index in [9.17, 15) is 18.0 Å². The Morgan fingerprint density at radius 1 is 1.09 bits per heavy atom. The average Bonchev–Trinajstić information content (AvgIpc) is 3.25. The van der Waals surface area contributed by atoms with Crippen molar-refractivity contribution >= 4 is 17.5 Å². The quantitative estimate of drug-likeness (QED) is 0.659. The molecule has 1 aromatic carbocycles. The van der Waals surface area contributed by atoms with Gasteiger partial charge in [0.15, 0.2) is 5.69 Å². The second-order valence-electron chi connectivity index (χ2n) is 8.27. The highest BCUT2D eigenvalue weighted by atomic mass is 35.5. The summed E-state index contributed by atoms with van der Waals surface area (Å²) in [7, 11) is 0. The number of alkyl halides is 3. The Hall–Kier alpha value is -2.10. The molecule has 1 amide bonds. The van der Waals surface area contributed by atoms with Gasteiger partial charge in [-0.05, 0) is 56.0 Å². The van der Waals surface area contributed by atoms with Gasteiger partial charge in [0.1, 0.15) is 0 Å². The molecule has 0 bridgehead atoms. The minimum atomic E-state index is -4.72. The number of carbonyl (C=O) groups excluding carboxylic acids is 1. The van der Waals surface area contributed by atoms with Crippen LogP contribution in [0.15, 0.2) is 30.5 Å². The molecular formula is C22H26ClF3N4O2. The SMILES string of the molecule is O=C(c1cnn(-c2ccc(Cl)cc2)c1C(F)(F)F)N1CCC(CCN2CCOCC2)CC1. The van der Waals surface area contributed by atoms with Crippen molar-refractivity contribution in [2.45, 2.75) is 25.4 Å². The molecule has 0 aliphatic carbocycles. The van der Waals surface area contributed by atoms with Crippen LogP contribution < -0.4 is 0 Å². The van der Waals surface area contributed by atoms with E-state index in [0.717, 1.165) is 63.0 Å². The van der Waals surface area contributed by atoms with Crippen LogP contribution in [0.4, 0.5) is 13.2 Å². The molecular weight excluding hydrogens is 445 g/mol. The van der Waals surface area contributed by atoms with Crippen LogP contribution in [0.3, 0.4) is 0 Å². The molecule has 2 aliphatic heterocycles. The second kappa shape index (κ2) is 9.80. The predicted molar refractivity (Wildman–Crippen MR) is 114 cm³/mol. The fourth-order valence-corrected chi connectivity index (χ4v) is 4.47. The third-order valence-corrected chi connectivity index (χ3v) is 6.45. The number of carbonyl (C=O) groups is 1. The number of piperidine rings is 1. The maximum Gasteiger partial charge on any atom is 0.434 e. The summed E-state index contributed by atoms with van der Waals surface area (Å²) in [5.41, 5.74) is -1.28. The Kier molecular flexibility index (Phi) is 7.07. The van der Waals surface area contributed by atoms with Crippen LogP contribution in [-0.4, -0.2) is 71.4 Å². The Balaban J connectivity index is 1.42. The van der Waals surface area contributed by atoms with E-state index in [1.807, 2.05) is 0 Å². The molecule has 0 unspecified atom stereocenters. The number of morpholine rings is 1. The van der Waals surface area contributed by atoms with Crippen molar-refractivity contribution in [3.8, 4) is 5.69 Å². The molecule has 0 radical (unpaired) electrons. The first-order valence-corrected chi connectivity index (χ1v) is 11.2. The van der Waals surface area contributed by atoms with Gasteiger partial charge in [-0.3, -0.25) is 9.69 Å². The fraction of sp³-hybridized carbons (Fsp3) is 0.545. The largest absolute Gasteiger partial charge is 0.434 e. The summed E-state index contributed by atoms with van der Waals surface area (Å²) in [4.78, 5) is 16.9. The highest BCUT2D eigenvalue weighted by Crippen LogP contribution is 2.35. The second-order valence-corrected chi connectivity index (χ2v) is 8.71. The Labute approximate surface area is 189 Å². The topological polar surface area (TPSA) is 50.6 Å². The summed E-state index contributed by atoms with van der Waals surface area (Å²) in [5, 5.41) is 4.29. The predicted octanol–water partition coefficient (Wildman–Crippen LogP) is 4.12. The van der Waals surface area contributed by atoms with E-state index in [4.69, 9.17) is 16.3 Å². The number of aromatic nitrogens is 2. The maximum atomic E-state index is 13.9. The molecule has 2 fully saturated rings. The standard InChI is InChI=1S/C22H26ClF3N4O2/c23-17-1-3-18(4-2-17)30-20(22(24,25)26)19(15-27-30)21(31)29-9-6-16(7-10-29)5-8-28-11-13-32-14-12-28/h1-4,15-16H,5-14H2. The lowest BCUT2D eigenvalue weighted by Crippen LogP contribution is -2.41. The lowest BCUT2D eigenvalue weighted by molar-refractivity contribution is -0.143. The van der Waals surface area contributed by atoms with Gasteiger partial charge in [0.05, 0.1) is 30.7 Å². The van der Waals surface area contributed by atoms with E-state index in [1.54, 1.807) is 0 Å². The van der Waals surface area contributed by atoms with Crippen molar-refractivity contribution in [2.75, 3.05) is 45.9 Å². The number of ether oxygens (including phenoxy) is 1. The number of amides is 1. The molecule has 2 saturated heterocycles. The van der Waals surface area contributed by atoms with Crippen molar-refractivity contribution in [1.82, 2.24) is 19.6 Å². The number of benzene rings is 1. The molecule has 1 aromatic heterocycles. The summed E-state index contributed by atoms with van der Waals surface area (Å²) < 4.78 is 47.8. The van der Waals surface area contributed by atoms with E-state index in [-0.39, 0.29) is 5.69 Å². The molecule has 0 atom stereocenters. The van der Waals surface area contributed by atoms with Gasteiger partial charge < -0.3 is 9.64 Å². The van der Waals surface area contributed by atoms with E-state index in [1.165, 1.54) is 29.2 Å². The lowest BCUT2D eigenvalue weighted by atomic mass is 9.93. The van der Waals surface area contributed by atoms with E-state index in [0.29, 0.717) is 24.0 Å². The maximum absolute atomic E-state index is 13.9. The summed E-state index contributed by atoms with van der Waals surface area (Å²) in [6.07, 6.45) is -1.09. The van der Waals surface area contributed by atoms with Gasteiger partial charge in [-0.1, -0.05) is 11.6 Å². The van der Waals surface area contributed by atoms with Gasteiger partial charge in [0.2, 0.25) is 0 Å². The first kappa shape index (κ1) is 23.1. The van der Waals surface area contributed by atoms with Crippen LogP contribution in [-0.2, 0) is 10.9 Å². The molecule has 6 nitrogen and oxygen atoms in total. The number of hydrogen-bond donors (Lipinski definition) is 0. The normalized spacial score (nSPS) is 18.8. The zero-order chi connectivity index (χ0) is 22.7. The molecule has 3 heterocycles. The molecule has 10 heteroatoms. The van der Waals surface area contributed by atoms with Gasteiger partial charge in [-0.2, -0.15) is 18.3 Å². The highest BCUT2D eigenvalue weighted by molar-refractivity contribution is 6.30. The Morgan fingerprint density at radius 3 is 2.38 bits per heavy atom. The lowest BCUT2D eigenvalue weighted by Gasteiger charge is -2.34. The van der Waals surface area contributed by atoms with Crippen LogP contribution in [0.1, 0.15) is 35.3 Å². The number of halogens is 4. The molecule has 0 spiro atoms. The average molecular weight is 471 g/mol. The smallest absolute Gasteiger partial charge is 0.379 e. The zero-order valence-electron chi connectivity index (χ0n) is 17.7. The number of nitrogens with zero attached hydrogens (tertiary/aromatic N) is 4. The van der Waals surface area contributed by atoms with Crippen molar-refractivity contribution in [3.05, 3.63) is 46.7 Å². The van der Waals surface area contributed by atoms with Crippen LogP contribution in [0, 0.1) is 5.92 Å². The van der Waals surface area contributed by atoms with Crippen LogP contribution in [0.25, 0.3) is 5.69 Å². The van der Waals surface area contributed by atoms with Crippen LogP contribution in [0.2, 0.25) is 5.02 Å². The monoisotopic (exact) mass is 470 g/mol. The Bertz CT molecular complexity index is 918. The summed E-state index contributed by atoms with van der Waals surface area (Å²) in [6, 6.07) is 5.86. The van der Waals surface area contributed by atoms with Crippen LogP contribution in [0.5, 0.6) is 0 Å². The highest BCUT2D eigenvalue weighted by Gasteiger charge is 2.41. The van der Waals surface area contributed by atoms with E-state index < -0.39 is 23.3 Å². The van der Waals surface area contributed by atoms with Gasteiger partial charge in [-0.15, -0.1) is 0 Å². The van der Waals surface area contributed by atoms with Crippen molar-refractivity contribution in [1.29, 1.82) is 0 Å². The van der Waals surface area contributed by atoms with Gasteiger partial charge >= 0.3 is 6.18 Å². The third-order valence-electron chi connectivity index (χ3n) is 6.20. The number of hydrogen-bond acceptors (Lipinski definition) is 4. The zero-order valence-corrected chi connectivity index (χ0v) is 18.4. The minimum Gasteiger partial charge on any atom is -0.379 e. The summed E-state index contributed by atoms with van der Waals surface area (Å²) in [6.45, 7) is 5.31. The number of likely N-dealkylation sites (tertiary alicyclic amines) is 1. The van der Waals surface area contributed by atoms with Crippen LogP contribution >= 0.6 is 11.6 Å². The fourth-order valence-electron chi connectivity index (χ4n) is 4.34. The minimum absolute atomic E-state index is 0.197. The molecule has 174 valence electrons. The molecule has 0 N–H and O–H groups in total. The molecule has 2 aliphatic rings. The Morgan fingerprint density at radius 2 is 1.75 bits per heavy atom. The molecule has 4 rings (SSSR count). The first-order valence-electron chi connectivity index (χ1n) is 10.8. The molecule has 2 aromatic rings. The van der Waals surface area contributed by atoms with Gasteiger partial charge in [0.25, 0.3) is 5.91 Å². The van der Waals surface area contributed by atoms with Gasteiger partial charge in [-0.25, -0.2) is 4.68 Å². The first-order chi connectivity index (χ1) is 15.3. The van der Waals surface area contributed by atoms with Gasteiger partial charge in [0, 0.05) is 31.2 Å². The van der Waals surface area contributed by atoms with E-state index >= 15 is 0 Å². The molecule has 32 heavy (non-hydrogen) atoms.